The molecule has 8 fully saturated rings. The molecule has 0 bridgehead atoms. The molecule has 0 spiro atoms. The normalized spacial score (nSPS) is 56.9. The summed E-state index contributed by atoms with van der Waals surface area (Å²) in [5.74, 6) is 0.568. The van der Waals surface area contributed by atoms with Crippen molar-refractivity contribution < 1.29 is 98.5 Å². The van der Waals surface area contributed by atoms with Gasteiger partial charge in [-0.1, -0.05) is 13.8 Å². The van der Waals surface area contributed by atoms with Crippen molar-refractivity contribution in [1.29, 1.82) is 0 Å². The Morgan fingerprint density at radius 2 is 1.03 bits per heavy atom. The van der Waals surface area contributed by atoms with E-state index in [0.717, 1.165) is 44.1 Å². The summed E-state index contributed by atoms with van der Waals surface area (Å²) in [5, 5.41) is 112. The molecule has 0 radical (unpaired) electrons. The minimum Gasteiger partial charge on any atom is -0.458 e. The van der Waals surface area contributed by atoms with Gasteiger partial charge >= 0.3 is 5.97 Å². The predicted molar refractivity (Wildman–Crippen MR) is 227 cm³/mol. The number of carbonyl (C=O) groups excluding carboxylic acids is 1. The largest absolute Gasteiger partial charge is 0.458 e. The van der Waals surface area contributed by atoms with Gasteiger partial charge in [-0.05, 0) is 120 Å². The number of esters is 1. The zero-order valence-electron chi connectivity index (χ0n) is 39.1. The summed E-state index contributed by atoms with van der Waals surface area (Å²) < 4.78 is 52.9. The zero-order valence-corrected chi connectivity index (χ0v) is 39.1. The van der Waals surface area contributed by atoms with Gasteiger partial charge in [-0.15, -0.1) is 0 Å². The topological polar surface area (TPSA) is 302 Å². The van der Waals surface area contributed by atoms with E-state index in [4.69, 9.17) is 42.6 Å². The average molecular weight is 959 g/mol. The minimum absolute atomic E-state index is 0.0390. The maximum atomic E-state index is 12.7. The number of carbonyl (C=O) groups is 1. The van der Waals surface area contributed by atoms with Gasteiger partial charge in [0.15, 0.2) is 25.2 Å². The minimum atomic E-state index is -1.81. The second-order valence-corrected chi connectivity index (χ2v) is 21.9. The molecule has 20 heteroatoms. The molecule has 0 amide bonds. The molecule has 67 heavy (non-hydrogen) atoms. The SMILES string of the molecule is CC1OC(O[C@@H]2[C@H](O)C(O[C@@H]3[C@H](O)C(O[C@@H]4[C@H](O)C(O[C@H]5CCC6(C)C7CCC8(C)[C@@H](C9=CC(=O)OC9)CC[C@]8(O)C7CC[C@@H]6C5)OC(C)[C@@H]4O)OC(C)[C@@H]3O)OC(C)[C@@H]2O)[C@@H](O)[C@@H](O)[C@H]1O. The molecule has 4 saturated carbocycles. The lowest BCUT2D eigenvalue weighted by Crippen LogP contribution is -2.66. The van der Waals surface area contributed by atoms with Crippen molar-refractivity contribution in [2.75, 3.05) is 6.61 Å². The summed E-state index contributed by atoms with van der Waals surface area (Å²) in [6.07, 6.45) is -20.1. The van der Waals surface area contributed by atoms with Crippen molar-refractivity contribution >= 4 is 5.97 Å². The second kappa shape index (κ2) is 18.8. The van der Waals surface area contributed by atoms with Crippen LogP contribution in [0.5, 0.6) is 0 Å². The van der Waals surface area contributed by atoms with Gasteiger partial charge in [-0.2, -0.15) is 0 Å². The lowest BCUT2D eigenvalue weighted by atomic mass is 9.43. The average Bonchev–Trinajstić information content (AvgIpc) is 3.84. The van der Waals surface area contributed by atoms with Gasteiger partial charge in [0.25, 0.3) is 0 Å². The number of fused-ring (bicyclic) bond motifs is 5. The highest BCUT2D eigenvalue weighted by atomic mass is 16.8. The molecule has 5 aliphatic heterocycles. The Bertz CT molecular complexity index is 1810. The Kier molecular flexibility index (Phi) is 14.2. The molecule has 10 N–H and O–H groups in total. The van der Waals surface area contributed by atoms with E-state index in [9.17, 15) is 55.9 Å². The number of hydrogen-bond donors (Lipinski definition) is 10. The van der Waals surface area contributed by atoms with E-state index in [2.05, 4.69) is 13.8 Å². The van der Waals surface area contributed by atoms with E-state index in [1.54, 1.807) is 13.0 Å². The Hall–Kier alpha value is -1.51. The molecule has 9 rings (SSSR count). The van der Waals surface area contributed by atoms with Crippen molar-refractivity contribution in [2.45, 2.75) is 234 Å². The number of cyclic esters (lactones) is 1. The molecular formula is C47H74O20. The van der Waals surface area contributed by atoms with Crippen molar-refractivity contribution in [1.82, 2.24) is 0 Å². The van der Waals surface area contributed by atoms with Crippen LogP contribution in [0.2, 0.25) is 0 Å². The Morgan fingerprint density at radius 3 is 1.54 bits per heavy atom. The predicted octanol–water partition coefficient (Wildman–Crippen LogP) is -0.988. The van der Waals surface area contributed by atoms with Crippen LogP contribution in [0.4, 0.5) is 0 Å². The Morgan fingerprint density at radius 1 is 0.537 bits per heavy atom. The highest BCUT2D eigenvalue weighted by molar-refractivity contribution is 5.85. The maximum Gasteiger partial charge on any atom is 0.331 e. The first-order valence-corrected chi connectivity index (χ1v) is 24.5. The summed E-state index contributed by atoms with van der Waals surface area (Å²) in [6.45, 7) is 10.9. The highest BCUT2D eigenvalue weighted by Gasteiger charge is 2.68. The van der Waals surface area contributed by atoms with E-state index >= 15 is 0 Å². The quantitative estimate of drug-likeness (QED) is 0.0981. The first kappa shape index (κ1) is 50.4. The van der Waals surface area contributed by atoms with E-state index in [-0.39, 0.29) is 34.7 Å². The standard InChI is InChI=1S/C47H74O20/c1-18-29(49)33(53)34(54)41(60-18)65-39-31(51)20(3)62-43(36(39)56)67-40-32(52)21(4)63-44(37(40)57)66-38-30(50)19(2)61-42(35(38)55)64-24-9-12-45(5)23(16-24)7-8-27-26(45)10-13-46(6)25(11-14-47(27,46)58)22-15-28(48)59-17-22/h15,18-21,23-27,29-44,49-58H,7-14,16-17H2,1-6H3/t18?,19?,20?,21?,23-,24+,25-,26?,27?,29+,30+,31+,32+,33+,34+,35+,36+,37+,38+,39+,40+,41?,42?,43?,44?,45?,46?,47+/m1/s1. The zero-order chi connectivity index (χ0) is 48.2. The molecule has 4 saturated heterocycles. The number of aliphatic hydroxyl groups is 10. The van der Waals surface area contributed by atoms with Crippen molar-refractivity contribution in [2.24, 2.45) is 34.5 Å². The van der Waals surface area contributed by atoms with E-state index < -0.39 is 128 Å². The van der Waals surface area contributed by atoms with Crippen LogP contribution >= 0.6 is 0 Å². The summed E-state index contributed by atoms with van der Waals surface area (Å²) in [6, 6.07) is 0. The Labute approximate surface area is 390 Å². The molecule has 12 unspecified atom stereocenters. The van der Waals surface area contributed by atoms with Crippen molar-refractivity contribution in [3.8, 4) is 0 Å². The first-order valence-electron chi connectivity index (χ1n) is 24.5. The molecule has 382 valence electrons. The monoisotopic (exact) mass is 958 g/mol. The van der Waals surface area contributed by atoms with Gasteiger partial charge < -0.3 is 93.7 Å². The number of rotatable bonds is 9. The van der Waals surface area contributed by atoms with Gasteiger partial charge in [-0.3, -0.25) is 0 Å². The van der Waals surface area contributed by atoms with E-state index in [0.29, 0.717) is 37.7 Å². The van der Waals surface area contributed by atoms with Crippen LogP contribution in [0.3, 0.4) is 0 Å². The third kappa shape index (κ3) is 8.56. The van der Waals surface area contributed by atoms with Gasteiger partial charge in [0.1, 0.15) is 79.9 Å². The third-order valence-electron chi connectivity index (χ3n) is 18.3. The molecule has 4 aliphatic carbocycles. The molecular weight excluding hydrogens is 884 g/mol. The summed E-state index contributed by atoms with van der Waals surface area (Å²) >= 11 is 0. The molecule has 0 aromatic rings. The molecule has 5 heterocycles. The molecule has 0 aromatic heterocycles. The number of ether oxygens (including phenoxy) is 9. The molecule has 20 nitrogen and oxygen atoms in total. The van der Waals surface area contributed by atoms with Crippen molar-refractivity contribution in [3.05, 3.63) is 11.6 Å². The summed E-state index contributed by atoms with van der Waals surface area (Å²) in [5.41, 5.74) is -0.202. The molecule has 28 atom stereocenters. The maximum absolute atomic E-state index is 12.7. The van der Waals surface area contributed by atoms with Gasteiger partial charge in [0.2, 0.25) is 0 Å². The van der Waals surface area contributed by atoms with Crippen LogP contribution in [0, 0.1) is 34.5 Å². The fourth-order valence-electron chi connectivity index (χ4n) is 14.1. The lowest BCUT2D eigenvalue weighted by Gasteiger charge is -2.64. The third-order valence-corrected chi connectivity index (χ3v) is 18.3. The fourth-order valence-corrected chi connectivity index (χ4v) is 14.1. The number of aliphatic hydroxyl groups excluding tert-OH is 9. The second-order valence-electron chi connectivity index (χ2n) is 21.9. The van der Waals surface area contributed by atoms with Gasteiger partial charge in [0, 0.05) is 11.5 Å². The summed E-state index contributed by atoms with van der Waals surface area (Å²) in [4.78, 5) is 12.0. The van der Waals surface area contributed by atoms with Gasteiger partial charge in [-0.25, -0.2) is 4.79 Å². The smallest absolute Gasteiger partial charge is 0.331 e. The van der Waals surface area contributed by atoms with Crippen LogP contribution < -0.4 is 0 Å². The van der Waals surface area contributed by atoms with Crippen LogP contribution in [-0.2, 0) is 47.4 Å². The first-order chi connectivity index (χ1) is 31.6. The van der Waals surface area contributed by atoms with Crippen LogP contribution in [0.25, 0.3) is 0 Å². The Balaban J connectivity index is 0.831. The lowest BCUT2D eigenvalue weighted by molar-refractivity contribution is -0.386. The van der Waals surface area contributed by atoms with Crippen LogP contribution in [0.15, 0.2) is 11.6 Å². The van der Waals surface area contributed by atoms with Crippen molar-refractivity contribution in [3.63, 3.8) is 0 Å². The fraction of sp³-hybridized carbons (Fsp3) is 0.936. The number of hydrogen-bond acceptors (Lipinski definition) is 20. The van der Waals surface area contributed by atoms with E-state index in [1.807, 2.05) is 0 Å². The van der Waals surface area contributed by atoms with Crippen LogP contribution in [0.1, 0.15) is 99.3 Å². The molecule has 0 aromatic carbocycles. The van der Waals surface area contributed by atoms with Crippen LogP contribution in [-0.4, -0.2) is 198 Å². The van der Waals surface area contributed by atoms with E-state index in [1.165, 1.54) is 20.8 Å². The highest BCUT2D eigenvalue weighted by Crippen LogP contribution is 2.70. The molecule has 9 aliphatic rings. The van der Waals surface area contributed by atoms with Gasteiger partial charge in [0.05, 0.1) is 36.1 Å². The summed E-state index contributed by atoms with van der Waals surface area (Å²) in [7, 11) is 0.